The Labute approximate surface area is 141 Å². The van der Waals surface area contributed by atoms with Crippen LogP contribution in [0.4, 0.5) is 4.79 Å². The molecule has 0 heterocycles. The van der Waals surface area contributed by atoms with Crippen LogP contribution >= 0.6 is 11.6 Å². The first-order valence-corrected chi connectivity index (χ1v) is 7.93. The Bertz CT molecular complexity index is 644. The molecule has 0 saturated carbocycles. The monoisotopic (exact) mass is 332 g/mol. The van der Waals surface area contributed by atoms with E-state index in [2.05, 4.69) is 10.6 Å². The van der Waals surface area contributed by atoms with Crippen LogP contribution in [0.25, 0.3) is 0 Å². The van der Waals surface area contributed by atoms with Crippen LogP contribution in [0.1, 0.15) is 30.5 Å². The third-order valence-electron chi connectivity index (χ3n) is 3.63. The van der Waals surface area contributed by atoms with Gasteiger partial charge in [-0.2, -0.15) is 0 Å². The summed E-state index contributed by atoms with van der Waals surface area (Å²) in [6, 6.07) is 14.9. The quantitative estimate of drug-likeness (QED) is 0.828. The number of hydrogen-bond acceptors (Lipinski definition) is 2. The van der Waals surface area contributed by atoms with E-state index >= 15 is 0 Å². The molecule has 0 aliphatic carbocycles. The minimum atomic E-state index is -0.215. The van der Waals surface area contributed by atoms with E-state index < -0.39 is 0 Å². The Morgan fingerprint density at radius 1 is 1.17 bits per heavy atom. The van der Waals surface area contributed by atoms with Crippen LogP contribution in [-0.2, 0) is 6.54 Å². The number of methoxy groups -OCH3 is 1. The Morgan fingerprint density at radius 2 is 1.87 bits per heavy atom. The molecule has 0 radical (unpaired) electrons. The van der Waals surface area contributed by atoms with Crippen LogP contribution in [-0.4, -0.2) is 13.1 Å². The summed E-state index contributed by atoms with van der Waals surface area (Å²) >= 11 is 6.08. The van der Waals surface area contributed by atoms with Crippen molar-refractivity contribution in [3.8, 4) is 5.75 Å². The van der Waals surface area contributed by atoms with Crippen molar-refractivity contribution in [1.29, 1.82) is 0 Å². The summed E-state index contributed by atoms with van der Waals surface area (Å²) in [4.78, 5) is 12.1. The van der Waals surface area contributed by atoms with Crippen LogP contribution in [0.15, 0.2) is 48.5 Å². The van der Waals surface area contributed by atoms with Gasteiger partial charge in [-0.05, 0) is 35.7 Å². The van der Waals surface area contributed by atoms with Crippen LogP contribution in [0.2, 0.25) is 5.02 Å². The molecular weight excluding hydrogens is 312 g/mol. The predicted molar refractivity (Wildman–Crippen MR) is 92.8 cm³/mol. The molecule has 2 rings (SSSR count). The van der Waals surface area contributed by atoms with Crippen LogP contribution in [0.3, 0.4) is 0 Å². The van der Waals surface area contributed by atoms with E-state index in [1.807, 2.05) is 55.5 Å². The number of nitrogens with one attached hydrogen (secondary N) is 2. The molecule has 2 amide bonds. The zero-order chi connectivity index (χ0) is 16.7. The fourth-order valence-corrected chi connectivity index (χ4v) is 2.49. The minimum absolute atomic E-state index is 0.0489. The lowest BCUT2D eigenvalue weighted by atomic mass is 10.0. The molecule has 0 spiro atoms. The Hall–Kier alpha value is -2.20. The maximum atomic E-state index is 12.1. The molecule has 122 valence electrons. The molecule has 23 heavy (non-hydrogen) atoms. The molecule has 0 bridgehead atoms. The highest BCUT2D eigenvalue weighted by molar-refractivity contribution is 6.31. The van der Waals surface area contributed by atoms with Gasteiger partial charge < -0.3 is 15.4 Å². The van der Waals surface area contributed by atoms with Crippen molar-refractivity contribution < 1.29 is 9.53 Å². The van der Waals surface area contributed by atoms with E-state index in [1.54, 1.807) is 7.11 Å². The van der Waals surface area contributed by atoms with Crippen LogP contribution in [0.5, 0.6) is 5.75 Å². The first-order valence-electron chi connectivity index (χ1n) is 7.55. The number of hydrogen-bond donors (Lipinski definition) is 2. The van der Waals surface area contributed by atoms with E-state index in [0.717, 1.165) is 23.3 Å². The summed E-state index contributed by atoms with van der Waals surface area (Å²) in [5.74, 6) is 0.798. The van der Waals surface area contributed by atoms with E-state index in [-0.39, 0.29) is 12.1 Å². The van der Waals surface area contributed by atoms with Gasteiger partial charge in [0.15, 0.2) is 0 Å². The van der Waals surface area contributed by atoms with Crippen molar-refractivity contribution in [2.45, 2.75) is 25.9 Å². The van der Waals surface area contributed by atoms with Gasteiger partial charge in [-0.3, -0.25) is 0 Å². The van der Waals surface area contributed by atoms with Gasteiger partial charge in [-0.1, -0.05) is 48.9 Å². The zero-order valence-electron chi connectivity index (χ0n) is 13.3. The number of rotatable bonds is 6. The normalized spacial score (nSPS) is 11.6. The molecule has 0 fully saturated rings. The SMILES string of the molecule is CCC(NC(=O)NCc1ccccc1Cl)c1ccc(OC)cc1. The minimum Gasteiger partial charge on any atom is -0.497 e. The highest BCUT2D eigenvalue weighted by atomic mass is 35.5. The summed E-state index contributed by atoms with van der Waals surface area (Å²) in [7, 11) is 1.63. The summed E-state index contributed by atoms with van der Waals surface area (Å²) in [5.41, 5.74) is 1.93. The van der Waals surface area contributed by atoms with Gasteiger partial charge >= 0.3 is 6.03 Å². The fourth-order valence-electron chi connectivity index (χ4n) is 2.28. The number of ether oxygens (including phenoxy) is 1. The Balaban J connectivity index is 1.92. The van der Waals surface area contributed by atoms with E-state index in [1.165, 1.54) is 0 Å². The Morgan fingerprint density at radius 3 is 2.48 bits per heavy atom. The maximum Gasteiger partial charge on any atom is 0.315 e. The van der Waals surface area contributed by atoms with E-state index in [4.69, 9.17) is 16.3 Å². The summed E-state index contributed by atoms with van der Waals surface area (Å²) in [5, 5.41) is 6.46. The molecule has 0 saturated heterocycles. The second-order valence-corrected chi connectivity index (χ2v) is 5.56. The molecule has 0 aromatic heterocycles. The average Bonchev–Trinajstić information content (AvgIpc) is 2.59. The fraction of sp³-hybridized carbons (Fsp3) is 0.278. The molecule has 0 aliphatic rings. The standard InChI is InChI=1S/C18H21ClN2O2/c1-3-17(13-8-10-15(23-2)11-9-13)21-18(22)20-12-14-6-4-5-7-16(14)19/h4-11,17H,3,12H2,1-2H3,(H2,20,21,22). The maximum absolute atomic E-state index is 12.1. The van der Waals surface area contributed by atoms with E-state index in [9.17, 15) is 4.79 Å². The van der Waals surface area contributed by atoms with Gasteiger partial charge in [-0.15, -0.1) is 0 Å². The number of carbonyl (C=O) groups excluding carboxylic acids is 1. The second-order valence-electron chi connectivity index (χ2n) is 5.15. The van der Waals surface area contributed by atoms with Crippen LogP contribution in [0, 0.1) is 0 Å². The zero-order valence-corrected chi connectivity index (χ0v) is 14.1. The average molecular weight is 333 g/mol. The first-order chi connectivity index (χ1) is 11.1. The topological polar surface area (TPSA) is 50.4 Å². The van der Waals surface area contributed by atoms with Crippen molar-refractivity contribution in [3.05, 3.63) is 64.7 Å². The number of urea groups is 1. The lowest BCUT2D eigenvalue weighted by Gasteiger charge is -2.18. The highest BCUT2D eigenvalue weighted by Gasteiger charge is 2.12. The van der Waals surface area contributed by atoms with Gasteiger partial charge in [0.2, 0.25) is 0 Å². The number of benzene rings is 2. The predicted octanol–water partition coefficient (Wildman–Crippen LogP) is 4.30. The number of amides is 2. The molecule has 2 N–H and O–H groups in total. The van der Waals surface area contributed by atoms with Crippen molar-refractivity contribution in [3.63, 3.8) is 0 Å². The molecule has 0 aliphatic heterocycles. The van der Waals surface area contributed by atoms with Gasteiger partial charge in [0, 0.05) is 11.6 Å². The van der Waals surface area contributed by atoms with Gasteiger partial charge in [0.25, 0.3) is 0 Å². The number of carbonyl (C=O) groups is 1. The Kier molecular flexibility index (Phi) is 6.29. The first kappa shape index (κ1) is 17.2. The van der Waals surface area contributed by atoms with Gasteiger partial charge in [0.1, 0.15) is 5.75 Å². The molecular formula is C18H21ClN2O2. The lowest BCUT2D eigenvalue weighted by molar-refractivity contribution is 0.236. The third-order valence-corrected chi connectivity index (χ3v) is 4.00. The smallest absolute Gasteiger partial charge is 0.315 e. The van der Waals surface area contributed by atoms with Crippen molar-refractivity contribution in [1.82, 2.24) is 10.6 Å². The summed E-state index contributed by atoms with van der Waals surface area (Å²) in [6.45, 7) is 2.42. The lowest BCUT2D eigenvalue weighted by Crippen LogP contribution is -2.37. The molecule has 5 heteroatoms. The number of halogens is 1. The van der Waals surface area contributed by atoms with Crippen molar-refractivity contribution >= 4 is 17.6 Å². The van der Waals surface area contributed by atoms with Crippen LogP contribution < -0.4 is 15.4 Å². The molecule has 2 aromatic carbocycles. The largest absolute Gasteiger partial charge is 0.497 e. The molecule has 1 atom stereocenters. The van der Waals surface area contributed by atoms with Crippen molar-refractivity contribution in [2.75, 3.05) is 7.11 Å². The van der Waals surface area contributed by atoms with E-state index in [0.29, 0.717) is 11.6 Å². The highest BCUT2D eigenvalue weighted by Crippen LogP contribution is 2.20. The molecule has 1 unspecified atom stereocenters. The van der Waals surface area contributed by atoms with Gasteiger partial charge in [-0.25, -0.2) is 4.79 Å². The van der Waals surface area contributed by atoms with Crippen molar-refractivity contribution in [2.24, 2.45) is 0 Å². The summed E-state index contributed by atoms with van der Waals surface area (Å²) in [6.07, 6.45) is 0.797. The molecule has 2 aromatic rings. The third kappa shape index (κ3) is 4.89. The van der Waals surface area contributed by atoms with Gasteiger partial charge in [0.05, 0.1) is 13.2 Å². The second kappa shape index (κ2) is 8.44. The summed E-state index contributed by atoms with van der Waals surface area (Å²) < 4.78 is 5.15. The molecule has 4 nitrogen and oxygen atoms in total.